The predicted molar refractivity (Wildman–Crippen MR) is 114 cm³/mol. The van der Waals surface area contributed by atoms with E-state index in [1.165, 1.54) is 34.2 Å². The van der Waals surface area contributed by atoms with E-state index in [0.29, 0.717) is 0 Å². The minimum absolute atomic E-state index is 0.189. The summed E-state index contributed by atoms with van der Waals surface area (Å²) < 4.78 is 5.54. The van der Waals surface area contributed by atoms with E-state index in [2.05, 4.69) is 40.5 Å². The minimum atomic E-state index is 0.189. The number of anilines is 1. The minimum Gasteiger partial charge on any atom is -0.379 e. The molecule has 3 heterocycles. The quantitative estimate of drug-likeness (QED) is 0.709. The number of fused-ring (bicyclic) bond motifs is 3. The molecule has 5 rings (SSSR count). The average Bonchev–Trinajstić information content (AvgIpc) is 3.29. The van der Waals surface area contributed by atoms with Crippen molar-refractivity contribution >= 4 is 27.4 Å². The second-order valence-electron chi connectivity index (χ2n) is 7.68. The molecule has 2 aromatic heterocycles. The van der Waals surface area contributed by atoms with Crippen LogP contribution in [0.4, 0.5) is 5.82 Å². The van der Waals surface area contributed by atoms with E-state index in [1.54, 1.807) is 0 Å². The molecule has 28 heavy (non-hydrogen) atoms. The van der Waals surface area contributed by atoms with Crippen LogP contribution < -0.4 is 5.32 Å². The van der Waals surface area contributed by atoms with E-state index in [1.807, 2.05) is 18.3 Å². The molecule has 2 aliphatic rings. The van der Waals surface area contributed by atoms with E-state index in [0.717, 1.165) is 55.7 Å². The van der Waals surface area contributed by atoms with Crippen molar-refractivity contribution in [3.05, 3.63) is 52.2 Å². The van der Waals surface area contributed by atoms with Crippen molar-refractivity contribution in [3.63, 3.8) is 0 Å². The van der Waals surface area contributed by atoms with Crippen LogP contribution in [0.25, 0.3) is 10.2 Å². The number of aryl methyl sites for hydroxylation is 3. The molecule has 1 N–H and O–H groups in total. The van der Waals surface area contributed by atoms with E-state index in [9.17, 15) is 0 Å². The van der Waals surface area contributed by atoms with Crippen molar-refractivity contribution in [1.82, 2.24) is 14.9 Å². The second kappa shape index (κ2) is 7.78. The first-order chi connectivity index (χ1) is 13.8. The van der Waals surface area contributed by atoms with Crippen molar-refractivity contribution in [2.45, 2.75) is 32.2 Å². The summed E-state index contributed by atoms with van der Waals surface area (Å²) in [6.07, 6.45) is 3.58. The van der Waals surface area contributed by atoms with Crippen LogP contribution in [0.2, 0.25) is 0 Å². The van der Waals surface area contributed by atoms with Gasteiger partial charge in [0.05, 0.1) is 24.6 Å². The highest BCUT2D eigenvalue weighted by molar-refractivity contribution is 7.19. The molecule has 0 amide bonds. The van der Waals surface area contributed by atoms with E-state index in [4.69, 9.17) is 14.7 Å². The van der Waals surface area contributed by atoms with Gasteiger partial charge in [0.1, 0.15) is 16.5 Å². The largest absolute Gasteiger partial charge is 0.379 e. The summed E-state index contributed by atoms with van der Waals surface area (Å²) in [6.45, 7) is 6.54. The fourth-order valence-corrected chi connectivity index (χ4v) is 5.64. The maximum atomic E-state index is 5.54. The Balaban J connectivity index is 1.51. The number of hydrogen-bond acceptors (Lipinski definition) is 6. The Morgan fingerprint density at radius 1 is 1.14 bits per heavy atom. The molecule has 1 saturated heterocycles. The highest BCUT2D eigenvalue weighted by Crippen LogP contribution is 2.40. The number of nitrogens with zero attached hydrogens (tertiary/aromatic N) is 3. The third-order valence-corrected chi connectivity index (χ3v) is 6.92. The Morgan fingerprint density at radius 2 is 1.96 bits per heavy atom. The fourth-order valence-electron chi connectivity index (χ4n) is 4.33. The number of hydrogen-bond donors (Lipinski definition) is 1. The monoisotopic (exact) mass is 394 g/mol. The van der Waals surface area contributed by atoms with Gasteiger partial charge in [-0.05, 0) is 37.3 Å². The summed E-state index contributed by atoms with van der Waals surface area (Å²) in [4.78, 5) is 14.7. The van der Waals surface area contributed by atoms with E-state index in [-0.39, 0.29) is 6.04 Å². The number of benzene rings is 1. The van der Waals surface area contributed by atoms with E-state index >= 15 is 0 Å². The van der Waals surface area contributed by atoms with Crippen LogP contribution in [0.5, 0.6) is 0 Å². The van der Waals surface area contributed by atoms with Crippen molar-refractivity contribution in [2.75, 3.05) is 38.2 Å². The molecule has 1 fully saturated rings. The van der Waals surface area contributed by atoms with Crippen LogP contribution in [0.3, 0.4) is 0 Å². The molecule has 5 nitrogen and oxygen atoms in total. The van der Waals surface area contributed by atoms with Crippen molar-refractivity contribution in [3.8, 4) is 0 Å². The molecule has 0 radical (unpaired) electrons. The number of nitrogens with one attached hydrogen (secondary N) is 1. The third-order valence-electron chi connectivity index (χ3n) is 5.73. The van der Waals surface area contributed by atoms with Crippen molar-refractivity contribution < 1.29 is 4.74 Å². The zero-order valence-corrected chi connectivity index (χ0v) is 17.1. The zero-order valence-electron chi connectivity index (χ0n) is 16.3. The van der Waals surface area contributed by atoms with Gasteiger partial charge in [0.25, 0.3) is 0 Å². The molecule has 0 bridgehead atoms. The van der Waals surface area contributed by atoms with E-state index < -0.39 is 0 Å². The molecular formula is C22H26N4OS. The van der Waals surface area contributed by atoms with Gasteiger partial charge in [0.15, 0.2) is 0 Å². The van der Waals surface area contributed by atoms with Crippen LogP contribution >= 0.6 is 11.3 Å². The molecule has 3 aromatic rings. The highest BCUT2D eigenvalue weighted by Gasteiger charge is 2.24. The van der Waals surface area contributed by atoms with Crippen LogP contribution in [0.15, 0.2) is 30.3 Å². The van der Waals surface area contributed by atoms with Gasteiger partial charge in [-0.2, -0.15) is 0 Å². The van der Waals surface area contributed by atoms with Gasteiger partial charge < -0.3 is 10.1 Å². The SMILES string of the molecule is Cc1nc(NC(CN2CCOCC2)c2ccccc2)c2c3c(sc2n1)CCC3. The first kappa shape index (κ1) is 18.0. The molecule has 1 unspecified atom stereocenters. The Hall–Kier alpha value is -2.02. The Bertz CT molecular complexity index is 966. The summed E-state index contributed by atoms with van der Waals surface area (Å²) in [5.74, 6) is 1.84. The lowest BCUT2D eigenvalue weighted by molar-refractivity contribution is 0.0361. The predicted octanol–water partition coefficient (Wildman–Crippen LogP) is 3.97. The lowest BCUT2D eigenvalue weighted by Gasteiger charge is -2.31. The molecule has 1 aromatic carbocycles. The summed E-state index contributed by atoms with van der Waals surface area (Å²) in [5, 5.41) is 5.07. The van der Waals surface area contributed by atoms with Gasteiger partial charge in [0.2, 0.25) is 0 Å². The Kier molecular flexibility index (Phi) is 5.01. The topological polar surface area (TPSA) is 50.3 Å². The second-order valence-corrected chi connectivity index (χ2v) is 8.76. The van der Waals surface area contributed by atoms with Crippen LogP contribution in [-0.4, -0.2) is 47.7 Å². The van der Waals surface area contributed by atoms with Crippen molar-refractivity contribution in [1.29, 1.82) is 0 Å². The maximum Gasteiger partial charge on any atom is 0.139 e. The van der Waals surface area contributed by atoms with Gasteiger partial charge in [0, 0.05) is 24.5 Å². The Labute approximate surface area is 169 Å². The number of morpholine rings is 1. The van der Waals surface area contributed by atoms with Gasteiger partial charge in [-0.25, -0.2) is 9.97 Å². The molecule has 0 saturated carbocycles. The zero-order chi connectivity index (χ0) is 18.9. The average molecular weight is 395 g/mol. The summed E-state index contributed by atoms with van der Waals surface area (Å²) in [6, 6.07) is 10.9. The molecule has 146 valence electrons. The number of ether oxygens (including phenoxy) is 1. The number of thiophene rings is 1. The first-order valence-corrected chi connectivity index (χ1v) is 11.0. The number of aromatic nitrogens is 2. The number of rotatable bonds is 5. The van der Waals surface area contributed by atoms with Crippen molar-refractivity contribution in [2.24, 2.45) is 0 Å². The highest BCUT2D eigenvalue weighted by atomic mass is 32.1. The van der Waals surface area contributed by atoms with Gasteiger partial charge in [-0.3, -0.25) is 4.90 Å². The maximum absolute atomic E-state index is 5.54. The van der Waals surface area contributed by atoms with Gasteiger partial charge in [-0.1, -0.05) is 30.3 Å². The lowest BCUT2D eigenvalue weighted by Crippen LogP contribution is -2.40. The summed E-state index contributed by atoms with van der Waals surface area (Å²) in [5.41, 5.74) is 2.77. The lowest BCUT2D eigenvalue weighted by atomic mass is 10.1. The smallest absolute Gasteiger partial charge is 0.139 e. The standard InChI is InChI=1S/C22H26N4OS/c1-15-23-21(20-17-8-5-9-19(17)28-22(20)24-15)25-18(16-6-3-2-4-7-16)14-26-10-12-27-13-11-26/h2-4,6-7,18H,5,8-14H2,1H3,(H,23,24,25). The van der Waals surface area contributed by atoms with Gasteiger partial charge >= 0.3 is 0 Å². The Morgan fingerprint density at radius 3 is 2.79 bits per heavy atom. The van der Waals surface area contributed by atoms with Crippen LogP contribution in [0.1, 0.15) is 34.3 Å². The molecule has 6 heteroatoms. The van der Waals surface area contributed by atoms with Crippen LogP contribution in [0, 0.1) is 6.92 Å². The summed E-state index contributed by atoms with van der Waals surface area (Å²) >= 11 is 1.86. The third kappa shape index (κ3) is 3.52. The summed E-state index contributed by atoms with van der Waals surface area (Å²) in [7, 11) is 0. The fraction of sp³-hybridized carbons (Fsp3) is 0.455. The molecule has 1 atom stereocenters. The van der Waals surface area contributed by atoms with Gasteiger partial charge in [-0.15, -0.1) is 11.3 Å². The van der Waals surface area contributed by atoms with Crippen LogP contribution in [-0.2, 0) is 17.6 Å². The molecular weight excluding hydrogens is 368 g/mol. The normalized spacial score (nSPS) is 18.3. The molecule has 1 aliphatic carbocycles. The molecule has 0 spiro atoms. The first-order valence-electron chi connectivity index (χ1n) is 10.2. The molecule has 1 aliphatic heterocycles.